The van der Waals surface area contributed by atoms with Gasteiger partial charge < -0.3 is 10.4 Å². The summed E-state index contributed by atoms with van der Waals surface area (Å²) in [6.07, 6.45) is 0.483. The third kappa shape index (κ3) is 4.45. The van der Waals surface area contributed by atoms with Crippen molar-refractivity contribution in [3.8, 4) is 0 Å². The van der Waals surface area contributed by atoms with E-state index in [1.807, 2.05) is 6.92 Å². The highest BCUT2D eigenvalue weighted by Gasteiger charge is 2.15. The Hall–Kier alpha value is -0.820. The Morgan fingerprint density at radius 1 is 1.50 bits per heavy atom. The second-order valence-electron chi connectivity index (χ2n) is 3.81. The van der Waals surface area contributed by atoms with E-state index in [1.54, 1.807) is 18.2 Å². The SMILES string of the molecule is CCC(CC(=O)O)NC(=O)c1ccc(I)c(Cl)c1. The monoisotopic (exact) mass is 381 g/mol. The molecule has 0 saturated heterocycles. The molecule has 0 aliphatic rings. The Morgan fingerprint density at radius 3 is 2.67 bits per heavy atom. The molecule has 0 aromatic heterocycles. The Morgan fingerprint density at radius 2 is 2.17 bits per heavy atom. The van der Waals surface area contributed by atoms with Crippen LogP contribution in [0.15, 0.2) is 18.2 Å². The van der Waals surface area contributed by atoms with E-state index >= 15 is 0 Å². The Bertz CT molecular complexity index is 465. The van der Waals surface area contributed by atoms with Gasteiger partial charge >= 0.3 is 5.97 Å². The lowest BCUT2D eigenvalue weighted by Gasteiger charge is -2.15. The van der Waals surface area contributed by atoms with Crippen molar-refractivity contribution in [2.24, 2.45) is 0 Å². The van der Waals surface area contributed by atoms with Crippen LogP contribution in [-0.2, 0) is 4.79 Å². The summed E-state index contributed by atoms with van der Waals surface area (Å²) >= 11 is 8.00. The van der Waals surface area contributed by atoms with Crippen molar-refractivity contribution in [1.82, 2.24) is 5.32 Å². The number of carboxylic acid groups (broad SMARTS) is 1. The lowest BCUT2D eigenvalue weighted by molar-refractivity contribution is -0.137. The van der Waals surface area contributed by atoms with Gasteiger partial charge in [0.2, 0.25) is 0 Å². The van der Waals surface area contributed by atoms with Crippen molar-refractivity contribution in [2.75, 3.05) is 0 Å². The highest BCUT2D eigenvalue weighted by molar-refractivity contribution is 14.1. The van der Waals surface area contributed by atoms with Crippen LogP contribution >= 0.6 is 34.2 Å². The molecule has 1 aromatic rings. The van der Waals surface area contributed by atoms with Crippen LogP contribution in [0.4, 0.5) is 0 Å². The van der Waals surface area contributed by atoms with Crippen LogP contribution in [0.5, 0.6) is 0 Å². The molecule has 0 radical (unpaired) electrons. The number of aliphatic carboxylic acids is 1. The standard InChI is InChI=1S/C12H13ClINO3/c1-2-8(6-11(16)17)15-12(18)7-3-4-10(14)9(13)5-7/h3-5,8H,2,6H2,1H3,(H,15,18)(H,16,17). The predicted octanol–water partition coefficient (Wildman–Crippen LogP) is 2.93. The minimum Gasteiger partial charge on any atom is -0.481 e. The molecule has 0 bridgehead atoms. The molecule has 1 rings (SSSR count). The van der Waals surface area contributed by atoms with Crippen molar-refractivity contribution in [1.29, 1.82) is 0 Å². The second-order valence-corrected chi connectivity index (χ2v) is 5.37. The first-order valence-electron chi connectivity index (χ1n) is 5.41. The molecule has 98 valence electrons. The number of benzene rings is 1. The molecule has 1 unspecified atom stereocenters. The van der Waals surface area contributed by atoms with E-state index in [0.29, 0.717) is 17.0 Å². The van der Waals surface area contributed by atoms with Gasteiger partial charge in [-0.3, -0.25) is 9.59 Å². The summed E-state index contributed by atoms with van der Waals surface area (Å²) in [7, 11) is 0. The van der Waals surface area contributed by atoms with Gasteiger partial charge in [-0.05, 0) is 47.2 Å². The van der Waals surface area contributed by atoms with Gasteiger partial charge in [-0.2, -0.15) is 0 Å². The summed E-state index contributed by atoms with van der Waals surface area (Å²) in [4.78, 5) is 22.5. The molecule has 18 heavy (non-hydrogen) atoms. The number of amides is 1. The van der Waals surface area contributed by atoms with Crippen LogP contribution in [-0.4, -0.2) is 23.0 Å². The molecular formula is C12H13ClINO3. The number of halogens is 2. The van der Waals surface area contributed by atoms with Gasteiger partial charge in [-0.25, -0.2) is 0 Å². The number of carbonyl (C=O) groups is 2. The van der Waals surface area contributed by atoms with E-state index in [9.17, 15) is 9.59 Å². The van der Waals surface area contributed by atoms with Crippen LogP contribution in [0.3, 0.4) is 0 Å². The van der Waals surface area contributed by atoms with Crippen molar-refractivity contribution in [3.05, 3.63) is 32.4 Å². The van der Waals surface area contributed by atoms with Crippen molar-refractivity contribution < 1.29 is 14.7 Å². The largest absolute Gasteiger partial charge is 0.481 e. The van der Waals surface area contributed by atoms with E-state index in [1.165, 1.54) is 0 Å². The zero-order valence-corrected chi connectivity index (χ0v) is 12.7. The second kappa shape index (κ2) is 6.94. The summed E-state index contributed by atoms with van der Waals surface area (Å²) in [5.74, 6) is -1.23. The lowest BCUT2D eigenvalue weighted by Crippen LogP contribution is -2.36. The number of hydrogen-bond acceptors (Lipinski definition) is 2. The fourth-order valence-electron chi connectivity index (χ4n) is 1.41. The summed E-state index contributed by atoms with van der Waals surface area (Å²) in [6, 6.07) is 4.62. The highest BCUT2D eigenvalue weighted by Crippen LogP contribution is 2.19. The Balaban J connectivity index is 2.74. The topological polar surface area (TPSA) is 66.4 Å². The van der Waals surface area contributed by atoms with Gasteiger partial charge in [0, 0.05) is 15.2 Å². The fourth-order valence-corrected chi connectivity index (χ4v) is 1.93. The van der Waals surface area contributed by atoms with E-state index in [0.717, 1.165) is 3.57 Å². The van der Waals surface area contributed by atoms with Crippen LogP contribution in [0.1, 0.15) is 30.1 Å². The first-order valence-corrected chi connectivity index (χ1v) is 6.87. The van der Waals surface area contributed by atoms with Crippen LogP contribution in [0, 0.1) is 3.57 Å². The molecule has 0 spiro atoms. The molecule has 4 nitrogen and oxygen atoms in total. The fraction of sp³-hybridized carbons (Fsp3) is 0.333. The lowest BCUT2D eigenvalue weighted by atomic mass is 10.1. The number of hydrogen-bond donors (Lipinski definition) is 2. The quantitative estimate of drug-likeness (QED) is 0.771. The van der Waals surface area contributed by atoms with Crippen LogP contribution in [0.25, 0.3) is 0 Å². The van der Waals surface area contributed by atoms with Crippen molar-refractivity contribution >= 4 is 46.1 Å². The Kier molecular flexibility index (Phi) is 5.87. The summed E-state index contributed by atoms with van der Waals surface area (Å²) in [5.41, 5.74) is 0.434. The normalized spacial score (nSPS) is 11.9. The highest BCUT2D eigenvalue weighted by atomic mass is 127. The van der Waals surface area contributed by atoms with Gasteiger partial charge in [0.1, 0.15) is 0 Å². The smallest absolute Gasteiger partial charge is 0.305 e. The zero-order chi connectivity index (χ0) is 13.7. The van der Waals surface area contributed by atoms with Crippen LogP contribution in [0.2, 0.25) is 5.02 Å². The maximum absolute atomic E-state index is 11.9. The van der Waals surface area contributed by atoms with E-state index < -0.39 is 5.97 Å². The molecule has 0 saturated carbocycles. The maximum Gasteiger partial charge on any atom is 0.305 e. The molecular weight excluding hydrogens is 368 g/mol. The number of carbonyl (C=O) groups excluding carboxylic acids is 1. The van der Waals surface area contributed by atoms with Gasteiger partial charge in [-0.15, -0.1) is 0 Å². The van der Waals surface area contributed by atoms with Crippen molar-refractivity contribution in [2.45, 2.75) is 25.8 Å². The van der Waals surface area contributed by atoms with Gasteiger partial charge in [0.25, 0.3) is 5.91 Å². The minimum absolute atomic E-state index is 0.0830. The first-order chi connectivity index (χ1) is 8.43. The van der Waals surface area contributed by atoms with Crippen molar-refractivity contribution in [3.63, 3.8) is 0 Å². The van der Waals surface area contributed by atoms with Gasteiger partial charge in [0.15, 0.2) is 0 Å². The molecule has 6 heteroatoms. The third-order valence-electron chi connectivity index (χ3n) is 2.43. The van der Waals surface area contributed by atoms with Gasteiger partial charge in [-0.1, -0.05) is 18.5 Å². The zero-order valence-electron chi connectivity index (χ0n) is 9.74. The van der Waals surface area contributed by atoms with Gasteiger partial charge in [0.05, 0.1) is 11.4 Å². The van der Waals surface area contributed by atoms with E-state index in [4.69, 9.17) is 16.7 Å². The summed E-state index contributed by atoms with van der Waals surface area (Å²) in [5, 5.41) is 11.9. The number of carboxylic acids is 1. The summed E-state index contributed by atoms with van der Waals surface area (Å²) in [6.45, 7) is 1.83. The molecule has 0 fully saturated rings. The predicted molar refractivity (Wildman–Crippen MR) is 78.0 cm³/mol. The first kappa shape index (κ1) is 15.2. The summed E-state index contributed by atoms with van der Waals surface area (Å²) < 4.78 is 0.864. The van der Waals surface area contributed by atoms with E-state index in [-0.39, 0.29) is 18.4 Å². The average molecular weight is 382 g/mol. The Labute approximate surface area is 124 Å². The molecule has 1 amide bonds. The molecule has 0 aliphatic heterocycles. The molecule has 0 aliphatic carbocycles. The maximum atomic E-state index is 11.9. The molecule has 2 N–H and O–H groups in total. The number of nitrogens with one attached hydrogen (secondary N) is 1. The molecule has 0 heterocycles. The molecule has 1 aromatic carbocycles. The van der Waals surface area contributed by atoms with Crippen LogP contribution < -0.4 is 5.32 Å². The number of rotatable bonds is 5. The minimum atomic E-state index is -0.928. The average Bonchev–Trinajstić information content (AvgIpc) is 2.31. The van der Waals surface area contributed by atoms with E-state index in [2.05, 4.69) is 27.9 Å². The third-order valence-corrected chi connectivity index (χ3v) is 4.00. The molecule has 1 atom stereocenters.